The van der Waals surface area contributed by atoms with E-state index in [4.69, 9.17) is 0 Å². The molecule has 0 atom stereocenters. The zero-order chi connectivity index (χ0) is 19.2. The van der Waals surface area contributed by atoms with Gasteiger partial charge < -0.3 is 10.9 Å². The van der Waals surface area contributed by atoms with Crippen molar-refractivity contribution < 1.29 is 66.8 Å². The van der Waals surface area contributed by atoms with E-state index < -0.39 is 37.3 Å². The number of alkyl halides is 6. The second-order valence-corrected chi connectivity index (χ2v) is 5.88. The van der Waals surface area contributed by atoms with Crippen LogP contribution in [0.5, 0.6) is 11.8 Å². The van der Waals surface area contributed by atoms with Crippen LogP contribution in [0.3, 0.4) is 0 Å². The van der Waals surface area contributed by atoms with Crippen molar-refractivity contribution in [2.45, 2.75) is 23.0 Å². The molecule has 0 saturated heterocycles. The Morgan fingerprint density at radius 1 is 0.852 bits per heavy atom. The number of nitrogens with zero attached hydrogens (tertiary/aromatic N) is 2. The summed E-state index contributed by atoms with van der Waals surface area (Å²) in [6.07, 6.45) is -8.47. The first-order valence-corrected chi connectivity index (χ1v) is 8.03. The number of hydrogen-bond acceptors (Lipinski definition) is 5. The Morgan fingerprint density at radius 3 is 1.78 bits per heavy atom. The Labute approximate surface area is 178 Å². The van der Waals surface area contributed by atoms with Gasteiger partial charge in [-0.3, -0.25) is 0 Å². The maximum atomic E-state index is 12.4. The van der Waals surface area contributed by atoms with Gasteiger partial charge in [-0.25, -0.2) is 9.97 Å². The SMILES string of the molecule is FC(F)(F)COc1ncnc(OCC(F)(F)F)c1SCc1ccccc1.[H-].[Na+]. The maximum Gasteiger partial charge on any atom is 1.00 e. The van der Waals surface area contributed by atoms with Gasteiger partial charge in [0.25, 0.3) is 0 Å². The molecule has 0 aliphatic rings. The Kier molecular flexibility index (Phi) is 9.19. The molecule has 0 spiro atoms. The predicted octanol–water partition coefficient (Wildman–Crippen LogP) is 1.77. The normalized spacial score (nSPS) is 11.6. The third-order valence-corrected chi connectivity index (χ3v) is 3.83. The number of halogens is 6. The summed E-state index contributed by atoms with van der Waals surface area (Å²) in [6.45, 7) is -3.27. The number of hydrogen-bond donors (Lipinski definition) is 0. The van der Waals surface area contributed by atoms with Crippen LogP contribution in [0.2, 0.25) is 0 Å². The molecule has 12 heteroatoms. The third kappa shape index (κ3) is 9.04. The van der Waals surface area contributed by atoms with E-state index >= 15 is 0 Å². The summed E-state index contributed by atoms with van der Waals surface area (Å²) in [4.78, 5) is 7.03. The number of aromatic nitrogens is 2. The summed E-state index contributed by atoms with van der Waals surface area (Å²) in [5, 5.41) is 0. The van der Waals surface area contributed by atoms with Gasteiger partial charge in [-0.05, 0) is 5.56 Å². The van der Waals surface area contributed by atoms with E-state index in [0.717, 1.165) is 23.7 Å². The van der Waals surface area contributed by atoms with Gasteiger partial charge in [-0.15, -0.1) is 11.8 Å². The molecule has 0 fully saturated rings. The monoisotopic (exact) mass is 422 g/mol. The molecule has 1 aromatic carbocycles. The number of rotatable bonds is 7. The van der Waals surface area contributed by atoms with Gasteiger partial charge in [0.15, 0.2) is 13.2 Å². The Hall–Kier alpha value is -1.17. The van der Waals surface area contributed by atoms with Gasteiger partial charge >= 0.3 is 41.9 Å². The van der Waals surface area contributed by atoms with Crippen molar-refractivity contribution in [3.05, 3.63) is 42.2 Å². The van der Waals surface area contributed by atoms with Crippen LogP contribution in [0.25, 0.3) is 0 Å². The molecular weight excluding hydrogens is 409 g/mol. The molecule has 0 aliphatic carbocycles. The minimum atomic E-state index is -4.63. The van der Waals surface area contributed by atoms with Crippen molar-refractivity contribution in [1.82, 2.24) is 9.97 Å². The topological polar surface area (TPSA) is 44.2 Å². The van der Waals surface area contributed by atoms with E-state index in [9.17, 15) is 26.3 Å². The molecule has 0 N–H and O–H groups in total. The fraction of sp³-hybridized carbons (Fsp3) is 0.333. The van der Waals surface area contributed by atoms with Gasteiger partial charge in [0.05, 0.1) is 0 Å². The molecule has 2 rings (SSSR count). The van der Waals surface area contributed by atoms with Crippen LogP contribution in [0.1, 0.15) is 6.99 Å². The molecular formula is C15H13F6N2NaO2S. The fourth-order valence-corrected chi connectivity index (χ4v) is 2.68. The van der Waals surface area contributed by atoms with E-state index in [0.29, 0.717) is 0 Å². The Bertz CT molecular complexity index is 686. The van der Waals surface area contributed by atoms with Crippen LogP contribution in [0.15, 0.2) is 41.6 Å². The van der Waals surface area contributed by atoms with Crippen LogP contribution in [0.4, 0.5) is 26.3 Å². The molecule has 1 heterocycles. The first-order valence-electron chi connectivity index (χ1n) is 7.05. The van der Waals surface area contributed by atoms with Crippen molar-refractivity contribution >= 4 is 11.8 Å². The van der Waals surface area contributed by atoms with Crippen LogP contribution in [-0.2, 0) is 5.75 Å². The smallest absolute Gasteiger partial charge is 1.00 e. The van der Waals surface area contributed by atoms with E-state index in [1.54, 1.807) is 30.3 Å². The molecule has 144 valence electrons. The number of benzene rings is 1. The van der Waals surface area contributed by atoms with E-state index in [1.807, 2.05) is 0 Å². The van der Waals surface area contributed by atoms with E-state index in [-0.39, 0.29) is 41.6 Å². The molecule has 0 unspecified atom stereocenters. The Balaban J connectivity index is 0.00000364. The second-order valence-electron chi connectivity index (χ2n) is 4.90. The predicted molar refractivity (Wildman–Crippen MR) is 82.2 cm³/mol. The molecule has 0 radical (unpaired) electrons. The number of thioether (sulfide) groups is 1. The van der Waals surface area contributed by atoms with Gasteiger partial charge in [-0.1, -0.05) is 30.3 Å². The zero-order valence-corrected chi connectivity index (χ0v) is 16.8. The summed E-state index contributed by atoms with van der Waals surface area (Å²) >= 11 is 0.918. The van der Waals surface area contributed by atoms with Gasteiger partial charge in [0.1, 0.15) is 11.2 Å². The summed E-state index contributed by atoms with van der Waals surface area (Å²) in [5.74, 6) is -0.732. The van der Waals surface area contributed by atoms with Crippen molar-refractivity contribution in [2.75, 3.05) is 13.2 Å². The van der Waals surface area contributed by atoms with Crippen molar-refractivity contribution in [3.63, 3.8) is 0 Å². The molecule has 27 heavy (non-hydrogen) atoms. The van der Waals surface area contributed by atoms with Gasteiger partial charge in [0, 0.05) is 5.75 Å². The van der Waals surface area contributed by atoms with Crippen LogP contribution in [-0.4, -0.2) is 35.5 Å². The average Bonchev–Trinajstić information content (AvgIpc) is 2.56. The molecule has 4 nitrogen and oxygen atoms in total. The first-order chi connectivity index (χ1) is 12.1. The second kappa shape index (κ2) is 10.4. The van der Waals surface area contributed by atoms with Crippen LogP contribution >= 0.6 is 11.8 Å². The molecule has 0 aliphatic heterocycles. The molecule has 0 saturated carbocycles. The Morgan fingerprint density at radius 2 is 1.33 bits per heavy atom. The van der Waals surface area contributed by atoms with E-state index in [1.165, 1.54) is 0 Å². The summed E-state index contributed by atoms with van der Waals surface area (Å²) in [5.41, 5.74) is 0.796. The van der Waals surface area contributed by atoms with Crippen LogP contribution < -0.4 is 39.0 Å². The van der Waals surface area contributed by atoms with E-state index in [2.05, 4.69) is 19.4 Å². The minimum Gasteiger partial charge on any atom is -1.00 e. The largest absolute Gasteiger partial charge is 1.00 e. The summed E-state index contributed by atoms with van der Waals surface area (Å²) in [6, 6.07) is 8.78. The molecule has 0 bridgehead atoms. The summed E-state index contributed by atoms with van der Waals surface area (Å²) < 4.78 is 83.4. The van der Waals surface area contributed by atoms with Crippen LogP contribution in [0, 0.1) is 0 Å². The summed E-state index contributed by atoms with van der Waals surface area (Å²) in [7, 11) is 0. The molecule has 1 aromatic heterocycles. The van der Waals surface area contributed by atoms with Gasteiger partial charge in [-0.2, -0.15) is 26.3 Å². The van der Waals surface area contributed by atoms with Crippen molar-refractivity contribution in [1.29, 1.82) is 0 Å². The fourth-order valence-electron chi connectivity index (χ4n) is 1.70. The first kappa shape index (κ1) is 23.9. The van der Waals surface area contributed by atoms with Crippen molar-refractivity contribution in [2.24, 2.45) is 0 Å². The minimum absolute atomic E-state index is 0. The zero-order valence-electron chi connectivity index (χ0n) is 15.0. The molecule has 0 amide bonds. The maximum absolute atomic E-state index is 12.4. The number of ether oxygens (including phenoxy) is 2. The average molecular weight is 422 g/mol. The quantitative estimate of drug-likeness (QED) is 0.387. The molecule has 2 aromatic rings. The van der Waals surface area contributed by atoms with Crippen molar-refractivity contribution in [3.8, 4) is 11.8 Å². The third-order valence-electron chi connectivity index (χ3n) is 2.71. The standard InChI is InChI=1S/C15H12F6N2O2S.Na.H/c16-14(17,18)7-24-12-11(26-6-10-4-2-1-3-5-10)13(23-9-22-12)25-8-15(19,20)21;;/h1-5,9H,6-8H2;;/q;+1;-1. The van der Waals surface area contributed by atoms with Gasteiger partial charge in [0.2, 0.25) is 11.8 Å².